The van der Waals surface area contributed by atoms with Crippen molar-refractivity contribution >= 4 is 15.9 Å². The highest BCUT2D eigenvalue weighted by atomic mass is 79.9. The summed E-state index contributed by atoms with van der Waals surface area (Å²) in [5.74, 6) is 1.22. The molecule has 3 heteroatoms. The number of benzene rings is 1. The molecule has 120 valence electrons. The highest BCUT2D eigenvalue weighted by Gasteiger charge is 2.12. The molecule has 0 fully saturated rings. The maximum absolute atomic E-state index is 5.79. The average molecular weight is 356 g/mol. The first kappa shape index (κ1) is 18.7. The minimum Gasteiger partial charge on any atom is -0.381 e. The van der Waals surface area contributed by atoms with Gasteiger partial charge in [-0.2, -0.15) is 0 Å². The van der Waals surface area contributed by atoms with E-state index in [9.17, 15) is 0 Å². The van der Waals surface area contributed by atoms with Crippen LogP contribution in [0.2, 0.25) is 0 Å². The second-order valence-corrected chi connectivity index (χ2v) is 7.31. The lowest BCUT2D eigenvalue weighted by atomic mass is 9.96. The van der Waals surface area contributed by atoms with Crippen molar-refractivity contribution in [1.82, 2.24) is 5.32 Å². The Balaban J connectivity index is 2.48. The quantitative estimate of drug-likeness (QED) is 0.597. The number of halogens is 1. The van der Waals surface area contributed by atoms with Gasteiger partial charge >= 0.3 is 0 Å². The molecular weight excluding hydrogens is 326 g/mol. The molecule has 0 aliphatic rings. The summed E-state index contributed by atoms with van der Waals surface area (Å²) in [7, 11) is 0. The molecule has 0 aromatic heterocycles. The van der Waals surface area contributed by atoms with E-state index in [2.05, 4.69) is 73.2 Å². The summed E-state index contributed by atoms with van der Waals surface area (Å²) < 4.78 is 6.94. The van der Waals surface area contributed by atoms with Crippen LogP contribution in [0.15, 0.2) is 28.7 Å². The largest absolute Gasteiger partial charge is 0.381 e. The lowest BCUT2D eigenvalue weighted by molar-refractivity contribution is 0.116. The number of ether oxygens (including phenoxy) is 1. The van der Waals surface area contributed by atoms with Crippen molar-refractivity contribution in [3.05, 3.63) is 34.3 Å². The van der Waals surface area contributed by atoms with E-state index in [0.717, 1.165) is 37.1 Å². The van der Waals surface area contributed by atoms with Crippen LogP contribution >= 0.6 is 15.9 Å². The summed E-state index contributed by atoms with van der Waals surface area (Å²) in [6.45, 7) is 11.6. The standard InChI is InChI=1S/C18H30BrNO/c1-14(2)8-10-21-11-9-17(13-20-15(3)4)16-6-5-7-18(19)12-16/h5-7,12,14-15,17,20H,8-11,13H2,1-4H3. The Labute approximate surface area is 138 Å². The molecule has 0 aliphatic heterocycles. The fraction of sp³-hybridized carbons (Fsp3) is 0.667. The zero-order valence-corrected chi connectivity index (χ0v) is 15.4. The first-order valence-electron chi connectivity index (χ1n) is 8.05. The number of nitrogens with one attached hydrogen (secondary N) is 1. The first-order valence-corrected chi connectivity index (χ1v) is 8.85. The minimum absolute atomic E-state index is 0.504. The molecule has 0 aliphatic carbocycles. The molecule has 1 N–H and O–H groups in total. The van der Waals surface area contributed by atoms with E-state index in [1.54, 1.807) is 0 Å². The van der Waals surface area contributed by atoms with Crippen molar-refractivity contribution in [2.24, 2.45) is 5.92 Å². The van der Waals surface area contributed by atoms with Gasteiger partial charge in [0.1, 0.15) is 0 Å². The summed E-state index contributed by atoms with van der Waals surface area (Å²) in [5.41, 5.74) is 1.38. The van der Waals surface area contributed by atoms with Gasteiger partial charge < -0.3 is 10.1 Å². The van der Waals surface area contributed by atoms with Gasteiger partial charge in [0, 0.05) is 30.3 Å². The van der Waals surface area contributed by atoms with Crippen LogP contribution in [-0.4, -0.2) is 25.8 Å². The molecule has 1 aromatic rings. The van der Waals surface area contributed by atoms with Crippen LogP contribution in [0.3, 0.4) is 0 Å². The van der Waals surface area contributed by atoms with Gasteiger partial charge in [-0.05, 0) is 42.4 Å². The molecule has 0 bridgehead atoms. The zero-order chi connectivity index (χ0) is 15.7. The normalized spacial score (nSPS) is 13.1. The average Bonchev–Trinajstić information content (AvgIpc) is 2.41. The molecule has 1 aromatic carbocycles. The third-order valence-corrected chi connectivity index (χ3v) is 4.04. The monoisotopic (exact) mass is 355 g/mol. The van der Waals surface area contributed by atoms with Crippen LogP contribution < -0.4 is 5.32 Å². The number of hydrogen-bond acceptors (Lipinski definition) is 2. The van der Waals surface area contributed by atoms with Crippen molar-refractivity contribution < 1.29 is 4.74 Å². The van der Waals surface area contributed by atoms with E-state index in [1.165, 1.54) is 5.56 Å². The van der Waals surface area contributed by atoms with Gasteiger partial charge in [-0.1, -0.05) is 55.8 Å². The second kappa shape index (κ2) is 10.4. The Hall–Kier alpha value is -0.380. The van der Waals surface area contributed by atoms with Crippen LogP contribution in [0.25, 0.3) is 0 Å². The molecule has 21 heavy (non-hydrogen) atoms. The summed E-state index contributed by atoms with van der Waals surface area (Å²) in [6, 6.07) is 9.14. The minimum atomic E-state index is 0.504. The van der Waals surface area contributed by atoms with Crippen LogP contribution in [-0.2, 0) is 4.74 Å². The Bertz CT molecular complexity index is 393. The van der Waals surface area contributed by atoms with Crippen LogP contribution in [0, 0.1) is 5.92 Å². The molecule has 2 nitrogen and oxygen atoms in total. The number of rotatable bonds is 10. The van der Waals surface area contributed by atoms with Crippen LogP contribution in [0.1, 0.15) is 52.0 Å². The Morgan fingerprint density at radius 2 is 1.81 bits per heavy atom. The lowest BCUT2D eigenvalue weighted by Crippen LogP contribution is -2.28. The molecule has 0 amide bonds. The molecular formula is C18H30BrNO. The Morgan fingerprint density at radius 1 is 1.10 bits per heavy atom. The fourth-order valence-electron chi connectivity index (χ4n) is 2.17. The molecule has 0 saturated carbocycles. The third kappa shape index (κ3) is 8.60. The molecule has 0 saturated heterocycles. The van der Waals surface area contributed by atoms with E-state index < -0.39 is 0 Å². The summed E-state index contributed by atoms with van der Waals surface area (Å²) in [4.78, 5) is 0. The Morgan fingerprint density at radius 3 is 2.43 bits per heavy atom. The van der Waals surface area contributed by atoms with Gasteiger partial charge in [-0.15, -0.1) is 0 Å². The van der Waals surface area contributed by atoms with Crippen LogP contribution in [0.4, 0.5) is 0 Å². The van der Waals surface area contributed by atoms with Crippen molar-refractivity contribution in [3.63, 3.8) is 0 Å². The molecule has 1 rings (SSSR count). The van der Waals surface area contributed by atoms with Gasteiger partial charge in [0.2, 0.25) is 0 Å². The molecule has 1 unspecified atom stereocenters. The van der Waals surface area contributed by atoms with Crippen molar-refractivity contribution in [3.8, 4) is 0 Å². The van der Waals surface area contributed by atoms with Gasteiger partial charge in [0.25, 0.3) is 0 Å². The predicted molar refractivity (Wildman–Crippen MR) is 94.9 cm³/mol. The highest BCUT2D eigenvalue weighted by Crippen LogP contribution is 2.23. The van der Waals surface area contributed by atoms with Crippen molar-refractivity contribution in [2.75, 3.05) is 19.8 Å². The van der Waals surface area contributed by atoms with Gasteiger partial charge in [0.05, 0.1) is 0 Å². The van der Waals surface area contributed by atoms with Crippen molar-refractivity contribution in [2.45, 2.75) is 52.5 Å². The number of hydrogen-bond donors (Lipinski definition) is 1. The fourth-order valence-corrected chi connectivity index (χ4v) is 2.59. The molecule has 0 spiro atoms. The summed E-state index contributed by atoms with van der Waals surface area (Å²) in [5, 5.41) is 3.55. The van der Waals surface area contributed by atoms with Crippen molar-refractivity contribution in [1.29, 1.82) is 0 Å². The Kier molecular flexibility index (Phi) is 9.21. The first-order chi connectivity index (χ1) is 9.99. The lowest BCUT2D eigenvalue weighted by Gasteiger charge is -2.20. The van der Waals surface area contributed by atoms with E-state index in [1.807, 2.05) is 0 Å². The SMILES string of the molecule is CC(C)CCOCCC(CNC(C)C)c1cccc(Br)c1. The van der Waals surface area contributed by atoms with Gasteiger partial charge in [0.15, 0.2) is 0 Å². The molecule has 0 radical (unpaired) electrons. The molecule has 1 atom stereocenters. The summed E-state index contributed by atoms with van der Waals surface area (Å²) in [6.07, 6.45) is 2.21. The predicted octanol–water partition coefficient (Wildman–Crippen LogP) is 4.98. The van der Waals surface area contributed by atoms with E-state index >= 15 is 0 Å². The third-order valence-electron chi connectivity index (χ3n) is 3.54. The smallest absolute Gasteiger partial charge is 0.0472 e. The topological polar surface area (TPSA) is 21.3 Å². The van der Waals surface area contributed by atoms with Gasteiger partial charge in [-0.3, -0.25) is 0 Å². The van der Waals surface area contributed by atoms with Crippen LogP contribution in [0.5, 0.6) is 0 Å². The van der Waals surface area contributed by atoms with E-state index in [0.29, 0.717) is 17.9 Å². The summed E-state index contributed by atoms with van der Waals surface area (Å²) >= 11 is 3.57. The van der Waals surface area contributed by atoms with E-state index in [-0.39, 0.29) is 0 Å². The zero-order valence-electron chi connectivity index (χ0n) is 13.9. The molecule has 0 heterocycles. The van der Waals surface area contributed by atoms with Gasteiger partial charge in [-0.25, -0.2) is 0 Å². The second-order valence-electron chi connectivity index (χ2n) is 6.40. The maximum Gasteiger partial charge on any atom is 0.0472 e. The highest BCUT2D eigenvalue weighted by molar-refractivity contribution is 9.10. The maximum atomic E-state index is 5.79. The van der Waals surface area contributed by atoms with E-state index in [4.69, 9.17) is 4.74 Å².